The fourth-order valence-corrected chi connectivity index (χ4v) is 1.90. The smallest absolute Gasteiger partial charge is 0.147 e. The Kier molecular flexibility index (Phi) is 2.63. The molecule has 4 heteroatoms. The van der Waals surface area contributed by atoms with Gasteiger partial charge >= 0.3 is 0 Å². The minimum Gasteiger partial charge on any atom is -0.507 e. The molecule has 0 unspecified atom stereocenters. The molecular formula is C13H15N3O. The van der Waals surface area contributed by atoms with E-state index in [0.717, 1.165) is 11.1 Å². The van der Waals surface area contributed by atoms with Gasteiger partial charge in [0.15, 0.2) is 0 Å². The molecule has 4 nitrogen and oxygen atoms in total. The van der Waals surface area contributed by atoms with Crippen LogP contribution in [0, 0.1) is 13.8 Å². The molecule has 0 aliphatic heterocycles. The number of aryl methyl sites for hydroxylation is 2. The molecule has 17 heavy (non-hydrogen) atoms. The van der Waals surface area contributed by atoms with Gasteiger partial charge in [0.2, 0.25) is 0 Å². The molecule has 0 aliphatic rings. The van der Waals surface area contributed by atoms with Crippen molar-refractivity contribution in [2.45, 2.75) is 13.8 Å². The Labute approximate surface area is 99.9 Å². The van der Waals surface area contributed by atoms with Gasteiger partial charge in [0.25, 0.3) is 0 Å². The van der Waals surface area contributed by atoms with Crippen LogP contribution in [0.15, 0.2) is 24.3 Å². The molecule has 2 aromatic rings. The maximum atomic E-state index is 9.97. The number of hydrogen-bond donors (Lipinski definition) is 3. The van der Waals surface area contributed by atoms with Gasteiger partial charge < -0.3 is 16.6 Å². The number of benzene rings is 1. The Morgan fingerprint density at radius 1 is 1.12 bits per heavy atom. The van der Waals surface area contributed by atoms with E-state index in [-0.39, 0.29) is 11.6 Å². The predicted molar refractivity (Wildman–Crippen MR) is 69.6 cm³/mol. The number of anilines is 2. The van der Waals surface area contributed by atoms with E-state index in [4.69, 9.17) is 11.5 Å². The molecule has 0 fully saturated rings. The Morgan fingerprint density at radius 2 is 1.82 bits per heavy atom. The largest absolute Gasteiger partial charge is 0.507 e. The number of hydrogen-bond acceptors (Lipinski definition) is 4. The van der Waals surface area contributed by atoms with Crippen LogP contribution in [0.4, 0.5) is 11.5 Å². The van der Waals surface area contributed by atoms with Gasteiger partial charge in [-0.1, -0.05) is 6.07 Å². The minimum absolute atomic E-state index is 0.208. The summed E-state index contributed by atoms with van der Waals surface area (Å²) in [7, 11) is 0. The average Bonchev–Trinajstić information content (AvgIpc) is 2.21. The number of nitrogens with zero attached hydrogens (tertiary/aromatic N) is 1. The van der Waals surface area contributed by atoms with E-state index in [9.17, 15) is 5.11 Å². The molecule has 0 atom stereocenters. The number of pyridine rings is 1. The third-order valence-corrected chi connectivity index (χ3v) is 2.67. The molecule has 2 rings (SSSR count). The van der Waals surface area contributed by atoms with E-state index >= 15 is 0 Å². The fourth-order valence-electron chi connectivity index (χ4n) is 1.90. The molecule has 1 heterocycles. The van der Waals surface area contributed by atoms with E-state index in [0.29, 0.717) is 16.9 Å². The Morgan fingerprint density at radius 3 is 2.41 bits per heavy atom. The topological polar surface area (TPSA) is 85.2 Å². The van der Waals surface area contributed by atoms with Crippen LogP contribution in [-0.4, -0.2) is 10.1 Å². The van der Waals surface area contributed by atoms with E-state index in [1.54, 1.807) is 18.2 Å². The lowest BCUT2D eigenvalue weighted by atomic mass is 10.0. The van der Waals surface area contributed by atoms with Gasteiger partial charge in [-0.05, 0) is 43.2 Å². The first-order chi connectivity index (χ1) is 7.99. The zero-order chi connectivity index (χ0) is 12.6. The lowest BCUT2D eigenvalue weighted by molar-refractivity contribution is 0.476. The van der Waals surface area contributed by atoms with Crippen LogP contribution < -0.4 is 11.5 Å². The van der Waals surface area contributed by atoms with E-state index in [2.05, 4.69) is 4.98 Å². The summed E-state index contributed by atoms with van der Waals surface area (Å²) in [5, 5.41) is 9.97. The molecule has 5 N–H and O–H groups in total. The van der Waals surface area contributed by atoms with Crippen LogP contribution in [-0.2, 0) is 0 Å². The molecule has 1 aromatic heterocycles. The van der Waals surface area contributed by atoms with Crippen molar-refractivity contribution in [3.8, 4) is 17.0 Å². The number of rotatable bonds is 1. The quantitative estimate of drug-likeness (QED) is 0.700. The number of nitrogens with two attached hydrogens (primary N) is 2. The van der Waals surface area contributed by atoms with Gasteiger partial charge in [-0.3, -0.25) is 0 Å². The third kappa shape index (κ3) is 2.01. The molecule has 1 aromatic carbocycles. The first-order valence-electron chi connectivity index (χ1n) is 5.31. The Bertz CT molecular complexity index is 556. The fraction of sp³-hybridized carbons (Fsp3) is 0.154. The van der Waals surface area contributed by atoms with Crippen LogP contribution in [0.1, 0.15) is 11.1 Å². The minimum atomic E-state index is 0.208. The lowest BCUT2D eigenvalue weighted by Gasteiger charge is -2.10. The van der Waals surface area contributed by atoms with Crippen LogP contribution in [0.25, 0.3) is 11.3 Å². The van der Waals surface area contributed by atoms with Gasteiger partial charge in [-0.25, -0.2) is 4.98 Å². The highest BCUT2D eigenvalue weighted by Gasteiger charge is 2.11. The van der Waals surface area contributed by atoms with Gasteiger partial charge in [-0.15, -0.1) is 0 Å². The van der Waals surface area contributed by atoms with Crippen molar-refractivity contribution in [3.63, 3.8) is 0 Å². The molecule has 88 valence electrons. The third-order valence-electron chi connectivity index (χ3n) is 2.67. The van der Waals surface area contributed by atoms with Gasteiger partial charge in [-0.2, -0.15) is 0 Å². The number of aromatic hydroxyl groups is 1. The second-order valence-corrected chi connectivity index (χ2v) is 4.15. The number of nitrogen functional groups attached to an aromatic ring is 2. The van der Waals surface area contributed by atoms with Crippen molar-refractivity contribution < 1.29 is 5.11 Å². The summed E-state index contributed by atoms with van der Waals surface area (Å²) < 4.78 is 0. The average molecular weight is 229 g/mol. The van der Waals surface area contributed by atoms with Crippen molar-refractivity contribution in [2.75, 3.05) is 11.5 Å². The SMILES string of the molecule is Cc1cc(C)c(-c2ccc(N)c(N)n2)c(O)c1. The Hall–Kier alpha value is -2.23. The van der Waals surface area contributed by atoms with Gasteiger partial charge in [0, 0.05) is 5.56 Å². The highest BCUT2D eigenvalue weighted by Crippen LogP contribution is 2.33. The predicted octanol–water partition coefficient (Wildman–Crippen LogP) is 2.24. The van der Waals surface area contributed by atoms with Gasteiger partial charge in [0.05, 0.1) is 11.4 Å². The summed E-state index contributed by atoms with van der Waals surface area (Å²) in [6, 6.07) is 7.14. The van der Waals surface area contributed by atoms with Crippen LogP contribution in [0.5, 0.6) is 5.75 Å². The first-order valence-corrected chi connectivity index (χ1v) is 5.31. The van der Waals surface area contributed by atoms with E-state index < -0.39 is 0 Å². The standard InChI is InChI=1S/C13H15N3O/c1-7-5-8(2)12(11(17)6-7)10-4-3-9(14)13(15)16-10/h3-6,17H,14H2,1-2H3,(H2,15,16). The maximum absolute atomic E-state index is 9.97. The number of phenolic OH excluding ortho intramolecular Hbond substituents is 1. The maximum Gasteiger partial charge on any atom is 0.147 e. The molecule has 0 saturated heterocycles. The van der Waals surface area contributed by atoms with Crippen molar-refractivity contribution in [1.29, 1.82) is 0 Å². The molecular weight excluding hydrogens is 214 g/mol. The summed E-state index contributed by atoms with van der Waals surface area (Å²) in [6.45, 7) is 3.86. The number of aromatic nitrogens is 1. The molecule has 0 aliphatic carbocycles. The molecule has 0 bridgehead atoms. The van der Waals surface area contributed by atoms with Crippen molar-refractivity contribution >= 4 is 11.5 Å². The number of phenols is 1. The van der Waals surface area contributed by atoms with E-state index in [1.165, 1.54) is 0 Å². The molecule has 0 amide bonds. The van der Waals surface area contributed by atoms with Crippen LogP contribution in [0.2, 0.25) is 0 Å². The van der Waals surface area contributed by atoms with Crippen molar-refractivity contribution in [3.05, 3.63) is 35.4 Å². The van der Waals surface area contributed by atoms with Crippen LogP contribution in [0.3, 0.4) is 0 Å². The summed E-state index contributed by atoms with van der Waals surface area (Å²) in [4.78, 5) is 4.19. The van der Waals surface area contributed by atoms with Gasteiger partial charge in [0.1, 0.15) is 11.6 Å². The monoisotopic (exact) mass is 229 g/mol. The lowest BCUT2D eigenvalue weighted by Crippen LogP contribution is -1.99. The highest BCUT2D eigenvalue weighted by atomic mass is 16.3. The Balaban J connectivity index is 2.64. The summed E-state index contributed by atoms with van der Waals surface area (Å²) >= 11 is 0. The van der Waals surface area contributed by atoms with E-state index in [1.807, 2.05) is 19.9 Å². The summed E-state index contributed by atoms with van der Waals surface area (Å²) in [6.07, 6.45) is 0. The second kappa shape index (κ2) is 3.97. The zero-order valence-corrected chi connectivity index (χ0v) is 9.86. The molecule has 0 saturated carbocycles. The molecule has 0 radical (unpaired) electrons. The van der Waals surface area contributed by atoms with Crippen LogP contribution >= 0.6 is 0 Å². The van der Waals surface area contributed by atoms with Crippen molar-refractivity contribution in [2.24, 2.45) is 0 Å². The first kappa shape index (κ1) is 11.3. The second-order valence-electron chi connectivity index (χ2n) is 4.15. The van der Waals surface area contributed by atoms with Crippen molar-refractivity contribution in [1.82, 2.24) is 4.98 Å². The molecule has 0 spiro atoms. The summed E-state index contributed by atoms with van der Waals surface area (Å²) in [5.74, 6) is 0.487. The zero-order valence-electron chi connectivity index (χ0n) is 9.86. The normalized spacial score (nSPS) is 10.5. The highest BCUT2D eigenvalue weighted by molar-refractivity contribution is 5.74. The summed E-state index contributed by atoms with van der Waals surface area (Å²) in [5.41, 5.74) is 15.0.